The van der Waals surface area contributed by atoms with Crippen LogP contribution in [0.5, 0.6) is 17.2 Å². The zero-order chi connectivity index (χ0) is 29.9. The number of ether oxygens (including phenoxy) is 2. The Morgan fingerprint density at radius 3 is 2.20 bits per heavy atom. The van der Waals surface area contributed by atoms with Crippen molar-refractivity contribution in [2.24, 2.45) is 35.3 Å². The number of methoxy groups -OCH3 is 1. The Kier molecular flexibility index (Phi) is 7.00. The van der Waals surface area contributed by atoms with Crippen molar-refractivity contribution in [1.29, 1.82) is 0 Å². The SMILES string of the molecule is COc1ccc(OC(=O)Nc2ccc3c(c2O)C(O)=C2C(=O)C4C(=O)C(C(N)=O)C(O)[C@@H](C)C4[C@@H](O)C2[C@H]3C)cc1. The highest BCUT2D eigenvalue weighted by atomic mass is 16.6. The first-order valence-corrected chi connectivity index (χ1v) is 13.0. The van der Waals surface area contributed by atoms with Crippen LogP contribution in [0.2, 0.25) is 0 Å². The Labute approximate surface area is 234 Å². The number of hydrogen-bond donors (Lipinski definition) is 6. The highest BCUT2D eigenvalue weighted by molar-refractivity contribution is 6.19. The van der Waals surface area contributed by atoms with Crippen molar-refractivity contribution in [3.63, 3.8) is 0 Å². The normalized spacial score (nSPS) is 30.6. The van der Waals surface area contributed by atoms with Crippen molar-refractivity contribution < 1.29 is 49.1 Å². The van der Waals surface area contributed by atoms with Gasteiger partial charge in [-0.05, 0) is 47.7 Å². The Hall–Kier alpha value is -4.42. The molecule has 2 amide bonds. The molecule has 216 valence electrons. The van der Waals surface area contributed by atoms with Crippen LogP contribution in [0.15, 0.2) is 42.0 Å². The van der Waals surface area contributed by atoms with Crippen LogP contribution in [0.25, 0.3) is 5.76 Å². The molecule has 7 N–H and O–H groups in total. The van der Waals surface area contributed by atoms with E-state index in [-0.39, 0.29) is 22.6 Å². The molecule has 12 nitrogen and oxygen atoms in total. The van der Waals surface area contributed by atoms with Crippen LogP contribution in [-0.4, -0.2) is 63.3 Å². The molecular weight excluding hydrogens is 536 g/mol. The maximum atomic E-state index is 13.8. The average Bonchev–Trinajstić information content (AvgIpc) is 2.92. The molecule has 0 spiro atoms. The third-order valence-corrected chi connectivity index (χ3v) is 8.67. The lowest BCUT2D eigenvalue weighted by molar-refractivity contribution is -0.164. The summed E-state index contributed by atoms with van der Waals surface area (Å²) < 4.78 is 10.3. The molecule has 5 rings (SSSR count). The number of rotatable bonds is 4. The van der Waals surface area contributed by atoms with Gasteiger partial charge in [0.1, 0.15) is 28.9 Å². The molecule has 41 heavy (non-hydrogen) atoms. The molecule has 3 aliphatic carbocycles. The fourth-order valence-electron chi connectivity index (χ4n) is 6.62. The number of phenols is 1. The van der Waals surface area contributed by atoms with Crippen molar-refractivity contribution >= 4 is 35.0 Å². The van der Waals surface area contributed by atoms with E-state index in [4.69, 9.17) is 15.2 Å². The van der Waals surface area contributed by atoms with Gasteiger partial charge in [0.2, 0.25) is 5.91 Å². The number of aliphatic hydroxyl groups is 3. The summed E-state index contributed by atoms with van der Waals surface area (Å²) in [5.74, 6) is -9.89. The highest BCUT2D eigenvalue weighted by Crippen LogP contribution is 2.55. The van der Waals surface area contributed by atoms with E-state index in [2.05, 4.69) is 5.32 Å². The molecule has 2 aromatic rings. The van der Waals surface area contributed by atoms with Crippen LogP contribution in [0, 0.1) is 29.6 Å². The molecule has 2 aromatic carbocycles. The fraction of sp³-hybridized carbons (Fsp3) is 0.379. The van der Waals surface area contributed by atoms with E-state index in [1.807, 2.05) is 0 Å². The number of aromatic hydroxyl groups is 1. The highest BCUT2D eigenvalue weighted by Gasteiger charge is 2.61. The summed E-state index contributed by atoms with van der Waals surface area (Å²) in [6.45, 7) is 3.22. The van der Waals surface area contributed by atoms with Crippen LogP contribution < -0.4 is 20.5 Å². The summed E-state index contributed by atoms with van der Waals surface area (Å²) in [5.41, 5.74) is 5.20. The number of aliphatic hydroxyl groups excluding tert-OH is 3. The fourth-order valence-corrected chi connectivity index (χ4v) is 6.62. The Morgan fingerprint density at radius 2 is 1.59 bits per heavy atom. The number of nitrogens with one attached hydrogen (secondary N) is 1. The monoisotopic (exact) mass is 566 g/mol. The van der Waals surface area contributed by atoms with Gasteiger partial charge in [0, 0.05) is 17.4 Å². The van der Waals surface area contributed by atoms with Gasteiger partial charge in [-0.25, -0.2) is 4.79 Å². The van der Waals surface area contributed by atoms with Gasteiger partial charge in [-0.3, -0.25) is 19.7 Å². The van der Waals surface area contributed by atoms with Gasteiger partial charge < -0.3 is 35.6 Å². The number of anilines is 1. The number of amides is 2. The van der Waals surface area contributed by atoms with Crippen LogP contribution in [0.3, 0.4) is 0 Å². The van der Waals surface area contributed by atoms with Gasteiger partial charge in [-0.1, -0.05) is 19.9 Å². The molecule has 0 bridgehead atoms. The van der Waals surface area contributed by atoms with Crippen molar-refractivity contribution in [2.75, 3.05) is 12.4 Å². The van der Waals surface area contributed by atoms with E-state index in [1.165, 1.54) is 38.3 Å². The second-order valence-electron chi connectivity index (χ2n) is 10.7. The summed E-state index contributed by atoms with van der Waals surface area (Å²) in [6, 6.07) is 9.12. The molecule has 0 radical (unpaired) electrons. The molecule has 0 aromatic heterocycles. The van der Waals surface area contributed by atoms with Gasteiger partial charge >= 0.3 is 6.09 Å². The number of primary amides is 1. The van der Waals surface area contributed by atoms with Gasteiger partial charge in [0.25, 0.3) is 0 Å². The molecule has 0 aliphatic heterocycles. The quantitative estimate of drug-likeness (QED) is 0.234. The molecule has 5 unspecified atom stereocenters. The second-order valence-corrected chi connectivity index (χ2v) is 10.7. The third-order valence-electron chi connectivity index (χ3n) is 8.67. The lowest BCUT2D eigenvalue weighted by atomic mass is 9.53. The largest absolute Gasteiger partial charge is 0.507 e. The first-order valence-electron chi connectivity index (χ1n) is 13.0. The topological polar surface area (TPSA) is 206 Å². The molecule has 3 aliphatic rings. The van der Waals surface area contributed by atoms with E-state index in [1.54, 1.807) is 19.1 Å². The number of nitrogens with two attached hydrogens (primary N) is 1. The van der Waals surface area contributed by atoms with E-state index in [0.717, 1.165) is 0 Å². The van der Waals surface area contributed by atoms with Gasteiger partial charge in [0.05, 0.1) is 36.5 Å². The van der Waals surface area contributed by atoms with Gasteiger partial charge in [-0.15, -0.1) is 0 Å². The zero-order valence-corrected chi connectivity index (χ0v) is 22.4. The van der Waals surface area contributed by atoms with Crippen molar-refractivity contribution in [1.82, 2.24) is 0 Å². The Bertz CT molecular complexity index is 1480. The number of hydrogen-bond acceptors (Lipinski definition) is 10. The molecule has 2 fully saturated rings. The second kappa shape index (κ2) is 10.2. The first kappa shape index (κ1) is 28.1. The van der Waals surface area contributed by atoms with Crippen LogP contribution in [0.1, 0.15) is 30.9 Å². The number of fused-ring (bicyclic) bond motifs is 3. The Balaban J connectivity index is 1.51. The minimum atomic E-state index is -1.64. The van der Waals surface area contributed by atoms with Crippen LogP contribution in [-0.2, 0) is 14.4 Å². The van der Waals surface area contributed by atoms with Crippen LogP contribution >= 0.6 is 0 Å². The number of carbonyl (C=O) groups is 4. The first-order chi connectivity index (χ1) is 19.4. The average molecular weight is 567 g/mol. The maximum absolute atomic E-state index is 13.8. The molecular formula is C29H30N2O10. The molecule has 0 saturated heterocycles. The number of phenolic OH excluding ortho intramolecular Hbond substituents is 1. The lowest BCUT2D eigenvalue weighted by Gasteiger charge is -2.51. The molecule has 12 heteroatoms. The van der Waals surface area contributed by atoms with Gasteiger partial charge in [-0.2, -0.15) is 0 Å². The summed E-state index contributed by atoms with van der Waals surface area (Å²) in [7, 11) is 1.49. The summed E-state index contributed by atoms with van der Waals surface area (Å²) in [6.07, 6.45) is -3.77. The summed E-state index contributed by atoms with van der Waals surface area (Å²) in [4.78, 5) is 51.5. The van der Waals surface area contributed by atoms with Gasteiger partial charge in [0.15, 0.2) is 11.6 Å². The number of Topliss-reactive ketones (excluding diaryl/α,β-unsaturated/α-hetero) is 2. The van der Waals surface area contributed by atoms with E-state index < -0.39 is 82.8 Å². The predicted molar refractivity (Wildman–Crippen MR) is 143 cm³/mol. The lowest BCUT2D eigenvalue weighted by Crippen LogP contribution is -2.62. The van der Waals surface area contributed by atoms with E-state index in [0.29, 0.717) is 11.3 Å². The minimum Gasteiger partial charge on any atom is -0.507 e. The van der Waals surface area contributed by atoms with Crippen LogP contribution in [0.4, 0.5) is 10.5 Å². The molecule has 0 heterocycles. The molecule has 8 atom stereocenters. The number of ketones is 2. The number of benzene rings is 2. The Morgan fingerprint density at radius 1 is 0.951 bits per heavy atom. The number of carbonyl (C=O) groups excluding carboxylic acids is 4. The smallest absolute Gasteiger partial charge is 0.417 e. The maximum Gasteiger partial charge on any atom is 0.417 e. The molecule has 2 saturated carbocycles. The zero-order valence-electron chi connectivity index (χ0n) is 22.4. The van der Waals surface area contributed by atoms with E-state index >= 15 is 0 Å². The summed E-state index contributed by atoms with van der Waals surface area (Å²) in [5, 5.41) is 47.0. The van der Waals surface area contributed by atoms with Crippen molar-refractivity contribution in [3.05, 3.63) is 53.1 Å². The standard InChI is InChI=1S/C29H30N2O10/c1-10-14-8-9-15(31-29(39)41-13-6-4-12(40-3)5-7-13)23(33)18(14)25(35)19-16(10)24(34)17-11(2)22(32)21(28(30)38)27(37)20(17)26(19)36/h4-11,16-17,20-22,24,32-35H,1-3H3,(H2,30,38)(H,31,39)/t10-,11-,16?,17?,20?,21?,22?,24-/m0/s1. The third kappa shape index (κ3) is 4.30. The predicted octanol–water partition coefficient (Wildman–Crippen LogP) is 1.87. The van der Waals surface area contributed by atoms with Crippen molar-refractivity contribution in [3.8, 4) is 17.2 Å². The minimum absolute atomic E-state index is 0.124. The van der Waals surface area contributed by atoms with Crippen molar-refractivity contribution in [2.45, 2.75) is 32.0 Å². The summed E-state index contributed by atoms with van der Waals surface area (Å²) >= 11 is 0. The van der Waals surface area contributed by atoms with E-state index in [9.17, 15) is 39.6 Å².